The Hall–Kier alpha value is -1.17. The topological polar surface area (TPSA) is 45.8 Å². The molecule has 0 radical (unpaired) electrons. The molecule has 1 aromatic heterocycles. The molecule has 0 saturated carbocycles. The van der Waals surface area contributed by atoms with Crippen molar-refractivity contribution in [2.45, 2.75) is 44.9 Å². The van der Waals surface area contributed by atoms with Crippen LogP contribution >= 0.6 is 22.6 Å². The van der Waals surface area contributed by atoms with Crippen LogP contribution in [0.2, 0.25) is 0 Å². The lowest BCUT2D eigenvalue weighted by Gasteiger charge is -2.24. The van der Waals surface area contributed by atoms with Crippen LogP contribution in [0.1, 0.15) is 48.3 Å². The average molecular weight is 394 g/mol. The van der Waals surface area contributed by atoms with Crippen LogP contribution in [-0.4, -0.2) is 9.97 Å². The first-order valence-electron chi connectivity index (χ1n) is 7.54. The number of aryl methyl sites for hydroxylation is 2. The molecular weight excluding hydrogens is 375 g/mol. The van der Waals surface area contributed by atoms with Gasteiger partial charge in [0.25, 0.3) is 5.56 Å². The number of rotatable bonds is 3. The fourth-order valence-electron chi connectivity index (χ4n) is 3.05. The summed E-state index contributed by atoms with van der Waals surface area (Å²) in [6.45, 7) is 2.12. The summed E-state index contributed by atoms with van der Waals surface area (Å²) in [6.07, 6.45) is 4.99. The highest BCUT2D eigenvalue weighted by Crippen LogP contribution is 2.30. The number of nitrogens with zero attached hydrogens (tertiary/aromatic N) is 1. The van der Waals surface area contributed by atoms with E-state index in [1.807, 2.05) is 0 Å². The molecule has 0 spiro atoms. The first-order valence-corrected chi connectivity index (χ1v) is 8.62. The van der Waals surface area contributed by atoms with Crippen molar-refractivity contribution in [1.29, 1.82) is 0 Å². The van der Waals surface area contributed by atoms with E-state index < -0.39 is 0 Å². The summed E-state index contributed by atoms with van der Waals surface area (Å²) in [6, 6.07) is 8.59. The number of nitrogens with one attached hydrogen (secondary N) is 1. The lowest BCUT2D eigenvalue weighted by atomic mass is 9.83. The molecule has 1 aliphatic rings. The second-order valence-electron chi connectivity index (χ2n) is 5.67. The lowest BCUT2D eigenvalue weighted by molar-refractivity contribution is 0.549. The highest BCUT2D eigenvalue weighted by atomic mass is 127. The Labute approximate surface area is 138 Å². The summed E-state index contributed by atoms with van der Waals surface area (Å²) in [5, 5.41) is 0. The molecule has 1 aliphatic carbocycles. The molecule has 0 fully saturated rings. The van der Waals surface area contributed by atoms with Gasteiger partial charge in [0.1, 0.15) is 5.82 Å². The van der Waals surface area contributed by atoms with E-state index in [2.05, 4.69) is 58.8 Å². The first-order chi connectivity index (χ1) is 10.2. The first kappa shape index (κ1) is 14.8. The molecule has 21 heavy (non-hydrogen) atoms. The molecule has 0 aliphatic heterocycles. The second kappa shape index (κ2) is 6.30. The molecule has 4 heteroatoms. The Balaban J connectivity index is 1.93. The molecule has 0 amide bonds. The molecule has 1 unspecified atom stereocenters. The molecule has 0 saturated heterocycles. The predicted octanol–water partition coefficient (Wildman–Crippen LogP) is 3.60. The van der Waals surface area contributed by atoms with Crippen LogP contribution in [0.3, 0.4) is 0 Å². The highest BCUT2D eigenvalue weighted by molar-refractivity contribution is 14.1. The lowest BCUT2D eigenvalue weighted by Crippen LogP contribution is -2.23. The minimum atomic E-state index is 0.0166. The third-order valence-electron chi connectivity index (χ3n) is 4.17. The number of aromatic amines is 1. The van der Waals surface area contributed by atoms with Gasteiger partial charge in [0, 0.05) is 5.92 Å². The van der Waals surface area contributed by atoms with E-state index in [0.29, 0.717) is 5.92 Å². The van der Waals surface area contributed by atoms with Gasteiger partial charge in [-0.1, -0.05) is 37.6 Å². The van der Waals surface area contributed by atoms with Gasteiger partial charge in [0.2, 0.25) is 0 Å². The van der Waals surface area contributed by atoms with E-state index in [-0.39, 0.29) is 5.56 Å². The van der Waals surface area contributed by atoms with Gasteiger partial charge in [-0.15, -0.1) is 0 Å². The molecule has 0 bridgehead atoms. The summed E-state index contributed by atoms with van der Waals surface area (Å²) >= 11 is 2.11. The number of hydrogen-bond acceptors (Lipinski definition) is 2. The smallest absolute Gasteiger partial charge is 0.264 e. The summed E-state index contributed by atoms with van der Waals surface area (Å²) in [5.41, 5.74) is 3.81. The maximum atomic E-state index is 12.1. The monoisotopic (exact) mass is 394 g/mol. The zero-order chi connectivity index (χ0) is 14.8. The zero-order valence-electron chi connectivity index (χ0n) is 12.2. The number of H-pyrrole nitrogens is 1. The fourth-order valence-corrected chi connectivity index (χ4v) is 3.58. The van der Waals surface area contributed by atoms with Crippen molar-refractivity contribution in [2.24, 2.45) is 0 Å². The van der Waals surface area contributed by atoms with Crippen molar-refractivity contribution in [3.05, 3.63) is 60.8 Å². The average Bonchev–Trinajstić information content (AvgIpc) is 2.51. The largest absolute Gasteiger partial charge is 0.309 e. The van der Waals surface area contributed by atoms with E-state index >= 15 is 0 Å². The minimum Gasteiger partial charge on any atom is -0.309 e. The molecule has 2 aromatic rings. The van der Waals surface area contributed by atoms with Crippen LogP contribution in [0.15, 0.2) is 29.1 Å². The Morgan fingerprint density at radius 2 is 2.10 bits per heavy atom. The highest BCUT2D eigenvalue weighted by Gasteiger charge is 2.22. The van der Waals surface area contributed by atoms with Crippen LogP contribution in [0.5, 0.6) is 0 Å². The zero-order valence-corrected chi connectivity index (χ0v) is 14.3. The Morgan fingerprint density at radius 1 is 1.33 bits per heavy atom. The third kappa shape index (κ3) is 3.05. The fraction of sp³-hybridized carbons (Fsp3) is 0.412. The van der Waals surface area contributed by atoms with E-state index in [9.17, 15) is 4.79 Å². The van der Waals surface area contributed by atoms with Gasteiger partial charge in [-0.25, -0.2) is 4.98 Å². The summed E-state index contributed by atoms with van der Waals surface area (Å²) < 4.78 is 0.745. The van der Waals surface area contributed by atoms with Crippen LogP contribution in [0.25, 0.3) is 0 Å². The number of hydrogen-bond donors (Lipinski definition) is 1. The summed E-state index contributed by atoms with van der Waals surface area (Å²) in [4.78, 5) is 19.9. The minimum absolute atomic E-state index is 0.0166. The number of benzene rings is 1. The van der Waals surface area contributed by atoms with E-state index in [4.69, 9.17) is 4.98 Å². The Morgan fingerprint density at radius 3 is 2.86 bits per heavy atom. The predicted molar refractivity (Wildman–Crippen MR) is 92.8 cm³/mol. The van der Waals surface area contributed by atoms with Gasteiger partial charge in [-0.05, 0) is 59.4 Å². The number of halogens is 1. The van der Waals surface area contributed by atoms with Gasteiger partial charge < -0.3 is 4.98 Å². The Bertz CT molecular complexity index is 708. The second-order valence-corrected chi connectivity index (χ2v) is 6.75. The van der Waals surface area contributed by atoms with Crippen molar-refractivity contribution < 1.29 is 0 Å². The van der Waals surface area contributed by atoms with Crippen LogP contribution in [0, 0.1) is 3.57 Å². The maximum Gasteiger partial charge on any atom is 0.264 e. The van der Waals surface area contributed by atoms with Gasteiger partial charge in [-0.3, -0.25) is 4.79 Å². The molecular formula is C17H19IN2O. The summed E-state index contributed by atoms with van der Waals surface area (Å²) in [5.74, 6) is 1.21. The van der Waals surface area contributed by atoms with E-state index in [0.717, 1.165) is 47.2 Å². The molecule has 1 N–H and O–H groups in total. The van der Waals surface area contributed by atoms with Crippen molar-refractivity contribution in [3.8, 4) is 0 Å². The number of fused-ring (bicyclic) bond motifs is 1. The van der Waals surface area contributed by atoms with Crippen LogP contribution in [-0.2, 0) is 19.3 Å². The Kier molecular flexibility index (Phi) is 4.42. The van der Waals surface area contributed by atoms with Crippen LogP contribution < -0.4 is 5.56 Å². The van der Waals surface area contributed by atoms with Gasteiger partial charge >= 0.3 is 0 Å². The van der Waals surface area contributed by atoms with Gasteiger partial charge in [0.15, 0.2) is 0 Å². The van der Waals surface area contributed by atoms with Crippen molar-refractivity contribution >= 4 is 22.6 Å². The standard InChI is InChI=1S/C17H19IN2O/c1-2-5-14-15(18)17(21)20-16(19-14)13-9-8-11-6-3-4-7-12(11)10-13/h3-4,6-7,13H,2,5,8-10H2,1H3,(H,19,20,21). The molecule has 1 heterocycles. The normalized spacial score (nSPS) is 17.5. The van der Waals surface area contributed by atoms with E-state index in [1.165, 1.54) is 11.1 Å². The summed E-state index contributed by atoms with van der Waals surface area (Å²) in [7, 11) is 0. The molecule has 1 aromatic carbocycles. The van der Waals surface area contributed by atoms with Crippen molar-refractivity contribution in [1.82, 2.24) is 9.97 Å². The number of aromatic nitrogens is 2. The van der Waals surface area contributed by atoms with E-state index in [1.54, 1.807) is 0 Å². The third-order valence-corrected chi connectivity index (χ3v) is 5.28. The van der Waals surface area contributed by atoms with Crippen molar-refractivity contribution in [2.75, 3.05) is 0 Å². The van der Waals surface area contributed by atoms with Crippen LogP contribution in [0.4, 0.5) is 0 Å². The molecule has 1 atom stereocenters. The van der Waals surface area contributed by atoms with Gasteiger partial charge in [0.05, 0.1) is 9.26 Å². The van der Waals surface area contributed by atoms with Gasteiger partial charge in [-0.2, -0.15) is 0 Å². The SMILES string of the molecule is CCCc1nc(C2CCc3ccccc3C2)[nH]c(=O)c1I. The molecule has 3 nitrogen and oxygen atoms in total. The molecule has 110 valence electrons. The quantitative estimate of drug-likeness (QED) is 0.809. The molecule has 3 rings (SSSR count). The maximum absolute atomic E-state index is 12.1. The van der Waals surface area contributed by atoms with Crippen molar-refractivity contribution in [3.63, 3.8) is 0 Å².